The molecule has 3 rings (SSSR count). The standard InChI is InChI=1S/C20H27FO4.C19H28O3.C5H5N.CClFO/c1-15(2)18(22)8-6-14-24-13-5-7-16-9-11-17(12-10-16)20(3,4)25-19(21)23;1-15(2)18(20)8-6-14-22-13-5-7-16-9-11-17(12-10-16)19(3,4)21;1-2-4-6-5-3-1;2-1(3)4/h9-12H,1,5-8,13-14H2,2-4H3;9-12,21H,1,5-8,13-14H2,2-4H3;1-5H;. The number of allylic oxidation sites excluding steroid dienone is 2. The van der Waals surface area contributed by atoms with Crippen molar-refractivity contribution in [3.05, 3.63) is 126 Å². The molecule has 0 spiro atoms. The molecule has 0 saturated carbocycles. The highest BCUT2D eigenvalue weighted by molar-refractivity contribution is 6.60. The van der Waals surface area contributed by atoms with Crippen molar-refractivity contribution in [2.75, 3.05) is 26.4 Å². The molecule has 0 aliphatic heterocycles. The Hall–Kier alpha value is -4.42. The van der Waals surface area contributed by atoms with Crippen molar-refractivity contribution in [3.63, 3.8) is 0 Å². The quantitative estimate of drug-likeness (QED) is 0.0634. The number of hydrogen-bond acceptors (Lipinski definition) is 9. The summed E-state index contributed by atoms with van der Waals surface area (Å²) < 4.78 is 38.3. The number of carbonyl (C=O) groups excluding carboxylic acids is 4. The minimum atomic E-state index is -1.86. The van der Waals surface area contributed by atoms with Gasteiger partial charge < -0.3 is 19.3 Å². The number of ketones is 2. The number of benzene rings is 2. The van der Waals surface area contributed by atoms with Gasteiger partial charge in [-0.15, -0.1) is 8.78 Å². The maximum Gasteiger partial charge on any atom is 0.496 e. The number of hydrogen-bond donors (Lipinski definition) is 1. The molecule has 1 N–H and O–H groups in total. The highest BCUT2D eigenvalue weighted by Gasteiger charge is 2.25. The van der Waals surface area contributed by atoms with E-state index in [1.165, 1.54) is 5.56 Å². The number of Topliss-reactive ketones (excluding diaryl/α,β-unsaturated/α-hetero) is 2. The zero-order chi connectivity index (χ0) is 43.3. The van der Waals surface area contributed by atoms with Gasteiger partial charge in [-0.3, -0.25) is 14.6 Å². The summed E-state index contributed by atoms with van der Waals surface area (Å²) in [6.07, 6.45) is 7.83. The lowest BCUT2D eigenvalue weighted by Gasteiger charge is -2.23. The fourth-order valence-electron chi connectivity index (χ4n) is 4.78. The summed E-state index contributed by atoms with van der Waals surface area (Å²) in [5, 5.41) is 9.90. The molecule has 0 unspecified atom stereocenters. The van der Waals surface area contributed by atoms with Crippen LogP contribution in [0.1, 0.15) is 102 Å². The Bertz CT molecular complexity index is 1590. The van der Waals surface area contributed by atoms with Gasteiger partial charge in [0.15, 0.2) is 11.6 Å². The maximum absolute atomic E-state index is 12.4. The topological polar surface area (TPSA) is 129 Å². The molecular formula is C45H60ClF2NO8. The zero-order valence-corrected chi connectivity index (χ0v) is 35.0. The lowest BCUT2D eigenvalue weighted by Crippen LogP contribution is -2.23. The van der Waals surface area contributed by atoms with E-state index in [1.54, 1.807) is 53.9 Å². The maximum atomic E-state index is 12.4. The van der Waals surface area contributed by atoms with Crippen molar-refractivity contribution in [2.45, 2.75) is 104 Å². The van der Waals surface area contributed by atoms with Gasteiger partial charge in [0.2, 0.25) is 0 Å². The van der Waals surface area contributed by atoms with Crippen LogP contribution in [0, 0.1) is 0 Å². The molecule has 0 aliphatic carbocycles. The van der Waals surface area contributed by atoms with Gasteiger partial charge >= 0.3 is 11.7 Å². The number of pyridine rings is 1. The van der Waals surface area contributed by atoms with Gasteiger partial charge in [-0.05, 0) is 137 Å². The second-order valence-electron chi connectivity index (χ2n) is 14.1. The Balaban J connectivity index is 0.000000887. The average Bonchev–Trinajstić information content (AvgIpc) is 3.14. The lowest BCUT2D eigenvalue weighted by atomic mass is 9.96. The molecule has 0 radical (unpaired) electrons. The van der Waals surface area contributed by atoms with Gasteiger partial charge in [-0.1, -0.05) is 67.8 Å². The molecule has 0 fully saturated rings. The van der Waals surface area contributed by atoms with E-state index < -0.39 is 22.9 Å². The number of aryl methyl sites for hydroxylation is 2. The Kier molecular flexibility index (Phi) is 27.5. The van der Waals surface area contributed by atoms with Crippen LogP contribution >= 0.6 is 11.6 Å². The first kappa shape index (κ1) is 52.6. The van der Waals surface area contributed by atoms with Crippen molar-refractivity contribution < 1.29 is 47.3 Å². The van der Waals surface area contributed by atoms with Gasteiger partial charge in [-0.2, -0.15) is 0 Å². The van der Waals surface area contributed by atoms with Crippen LogP contribution in [0.25, 0.3) is 0 Å². The van der Waals surface area contributed by atoms with E-state index in [0.29, 0.717) is 56.8 Å². The molecular weight excluding hydrogens is 756 g/mol. The van der Waals surface area contributed by atoms with Crippen molar-refractivity contribution in [1.29, 1.82) is 0 Å². The third kappa shape index (κ3) is 28.6. The zero-order valence-electron chi connectivity index (χ0n) is 34.3. The van der Waals surface area contributed by atoms with Gasteiger partial charge in [0, 0.05) is 51.7 Å². The summed E-state index contributed by atoms with van der Waals surface area (Å²) in [5.41, 5.74) is 1.61. The van der Waals surface area contributed by atoms with E-state index in [-0.39, 0.29) is 11.6 Å². The van der Waals surface area contributed by atoms with E-state index in [9.17, 15) is 28.3 Å². The third-order valence-corrected chi connectivity index (χ3v) is 8.06. The largest absolute Gasteiger partial charge is 0.496 e. The first-order chi connectivity index (χ1) is 26.8. The molecule has 0 bridgehead atoms. The number of aliphatic hydroxyl groups is 1. The summed E-state index contributed by atoms with van der Waals surface area (Å²) in [5.74, 6) is 0.209. The Morgan fingerprint density at radius 3 is 1.33 bits per heavy atom. The highest BCUT2D eigenvalue weighted by atomic mass is 35.5. The summed E-state index contributed by atoms with van der Waals surface area (Å²) in [4.78, 5) is 45.5. The summed E-state index contributed by atoms with van der Waals surface area (Å²) in [7, 11) is 0. The first-order valence-electron chi connectivity index (χ1n) is 18.8. The molecule has 12 heteroatoms. The molecule has 0 saturated heterocycles. The number of aromatic nitrogens is 1. The van der Waals surface area contributed by atoms with E-state index in [0.717, 1.165) is 48.8 Å². The fraction of sp³-hybridized carbons (Fsp3) is 0.444. The molecule has 3 aromatic rings. The molecule has 9 nitrogen and oxygen atoms in total. The van der Waals surface area contributed by atoms with Crippen LogP contribution in [0.5, 0.6) is 0 Å². The van der Waals surface area contributed by atoms with Crippen molar-refractivity contribution in [1.82, 2.24) is 4.98 Å². The van der Waals surface area contributed by atoms with Gasteiger partial charge in [-0.25, -0.2) is 9.59 Å². The predicted octanol–water partition coefficient (Wildman–Crippen LogP) is 11.1. The van der Waals surface area contributed by atoms with Crippen LogP contribution in [0.3, 0.4) is 0 Å². The summed E-state index contributed by atoms with van der Waals surface area (Å²) in [6.45, 7) is 20.1. The summed E-state index contributed by atoms with van der Waals surface area (Å²) >= 11 is 3.97. The Morgan fingerprint density at radius 1 is 0.667 bits per heavy atom. The number of ether oxygens (including phenoxy) is 3. The molecule has 0 atom stereocenters. The molecule has 0 amide bonds. The second kappa shape index (κ2) is 29.8. The highest BCUT2D eigenvalue weighted by Crippen LogP contribution is 2.26. The van der Waals surface area contributed by atoms with Crippen LogP contribution in [0.4, 0.5) is 18.4 Å². The minimum Gasteiger partial charge on any atom is -0.429 e. The molecule has 57 heavy (non-hydrogen) atoms. The van der Waals surface area contributed by atoms with Crippen molar-refractivity contribution >= 4 is 34.9 Å². The molecule has 0 aliphatic rings. The van der Waals surface area contributed by atoms with Crippen LogP contribution in [-0.4, -0.2) is 59.8 Å². The SMILES string of the molecule is C=C(C)C(=O)CCCOCCCc1ccc(C(C)(C)O)cc1.C=C(C)C(=O)CCCOCCCc1ccc(C(C)(C)OC(=O)F)cc1.O=C(F)Cl.c1ccncc1. The van der Waals surface area contributed by atoms with E-state index in [2.05, 4.69) is 46.6 Å². The van der Waals surface area contributed by atoms with Crippen molar-refractivity contribution in [2.24, 2.45) is 0 Å². The van der Waals surface area contributed by atoms with Crippen LogP contribution in [-0.2, 0) is 47.8 Å². The average molecular weight is 816 g/mol. The number of nitrogens with zero attached hydrogens (tertiary/aromatic N) is 1. The Labute approximate surface area is 342 Å². The predicted molar refractivity (Wildman–Crippen MR) is 222 cm³/mol. The van der Waals surface area contributed by atoms with Crippen LogP contribution in [0.15, 0.2) is 103 Å². The normalized spacial score (nSPS) is 10.6. The number of rotatable bonds is 21. The van der Waals surface area contributed by atoms with E-state index >= 15 is 0 Å². The first-order valence-corrected chi connectivity index (χ1v) is 19.2. The molecule has 1 aromatic heterocycles. The molecule has 1 heterocycles. The smallest absolute Gasteiger partial charge is 0.429 e. The number of carbonyl (C=O) groups is 4. The molecule has 2 aromatic carbocycles. The van der Waals surface area contributed by atoms with Crippen molar-refractivity contribution in [3.8, 4) is 0 Å². The lowest BCUT2D eigenvalue weighted by molar-refractivity contribution is -0.116. The van der Waals surface area contributed by atoms with Crippen LogP contribution in [0.2, 0.25) is 0 Å². The monoisotopic (exact) mass is 815 g/mol. The Morgan fingerprint density at radius 2 is 1.04 bits per heavy atom. The van der Waals surface area contributed by atoms with E-state index in [1.807, 2.05) is 54.6 Å². The number of halogens is 3. The van der Waals surface area contributed by atoms with Gasteiger partial charge in [0.05, 0.1) is 5.60 Å². The third-order valence-electron chi connectivity index (χ3n) is 8.06. The van der Waals surface area contributed by atoms with E-state index in [4.69, 9.17) is 14.3 Å². The second-order valence-corrected chi connectivity index (χ2v) is 14.4. The van der Waals surface area contributed by atoms with Crippen LogP contribution < -0.4 is 0 Å². The van der Waals surface area contributed by atoms with Gasteiger partial charge in [0.1, 0.15) is 5.60 Å². The minimum absolute atomic E-state index is 0.0880. The summed E-state index contributed by atoms with van der Waals surface area (Å²) in [6, 6.07) is 21.3. The van der Waals surface area contributed by atoms with Gasteiger partial charge in [0.25, 0.3) is 0 Å². The fourth-order valence-corrected chi connectivity index (χ4v) is 4.78. The molecule has 314 valence electrons.